The number of hydrogen-bond acceptors (Lipinski definition) is 1. The van der Waals surface area contributed by atoms with Crippen molar-refractivity contribution in [3.05, 3.63) is 70.7 Å². The number of hydrogen-bond donors (Lipinski definition) is 1. The minimum Gasteiger partial charge on any atom is -0.352 e. The molecule has 0 radical (unpaired) electrons. The first-order valence-electron chi connectivity index (χ1n) is 6.81. The molecule has 0 spiro atoms. The van der Waals surface area contributed by atoms with Gasteiger partial charge in [-0.3, -0.25) is 4.79 Å². The fourth-order valence-corrected chi connectivity index (χ4v) is 2.63. The topological polar surface area (TPSA) is 29.1 Å². The fraction of sp³-hybridized carbons (Fsp3) is 0.235. The maximum Gasteiger partial charge on any atom is 0.224 e. The number of amides is 1. The van der Waals surface area contributed by atoms with Crippen molar-refractivity contribution in [1.29, 1.82) is 0 Å². The maximum absolute atomic E-state index is 12.1. The van der Waals surface area contributed by atoms with E-state index in [4.69, 9.17) is 11.6 Å². The Morgan fingerprint density at radius 1 is 1.05 bits per heavy atom. The van der Waals surface area contributed by atoms with Crippen LogP contribution in [0.4, 0.5) is 0 Å². The van der Waals surface area contributed by atoms with Gasteiger partial charge in [0, 0.05) is 16.4 Å². The van der Waals surface area contributed by atoms with Gasteiger partial charge in [-0.2, -0.15) is 0 Å². The Bertz CT molecular complexity index is 571. The van der Waals surface area contributed by atoms with E-state index < -0.39 is 0 Å². The Morgan fingerprint density at radius 3 is 2.33 bits per heavy atom. The number of alkyl halides is 1. The number of carbonyl (C=O) groups excluding carboxylic acids is 1. The summed E-state index contributed by atoms with van der Waals surface area (Å²) in [4.78, 5) is 12.1. The average Bonchev–Trinajstić information content (AvgIpc) is 2.50. The van der Waals surface area contributed by atoms with Gasteiger partial charge in [0.05, 0.1) is 6.42 Å². The van der Waals surface area contributed by atoms with Gasteiger partial charge in [-0.15, -0.1) is 0 Å². The van der Waals surface area contributed by atoms with Gasteiger partial charge in [0.15, 0.2) is 0 Å². The van der Waals surface area contributed by atoms with Crippen LogP contribution in [0.3, 0.4) is 0 Å². The first-order valence-corrected chi connectivity index (χ1v) is 8.31. The van der Waals surface area contributed by atoms with Crippen molar-refractivity contribution < 1.29 is 4.79 Å². The molecular weight excluding hydrogens is 350 g/mol. The highest BCUT2D eigenvalue weighted by Gasteiger charge is 2.12. The van der Waals surface area contributed by atoms with Crippen LogP contribution in [0.15, 0.2) is 54.6 Å². The molecule has 0 bridgehead atoms. The molecule has 21 heavy (non-hydrogen) atoms. The van der Waals surface area contributed by atoms with Crippen LogP contribution in [0.25, 0.3) is 0 Å². The molecule has 0 saturated heterocycles. The van der Waals surface area contributed by atoms with Crippen LogP contribution >= 0.6 is 27.5 Å². The Labute approximate surface area is 138 Å². The van der Waals surface area contributed by atoms with Crippen LogP contribution in [0.1, 0.15) is 11.1 Å². The van der Waals surface area contributed by atoms with Gasteiger partial charge in [0.2, 0.25) is 5.91 Å². The van der Waals surface area contributed by atoms with E-state index in [0.717, 1.165) is 17.3 Å². The summed E-state index contributed by atoms with van der Waals surface area (Å²) < 4.78 is 0. The van der Waals surface area contributed by atoms with Crippen LogP contribution in [0.5, 0.6) is 0 Å². The quantitative estimate of drug-likeness (QED) is 0.769. The van der Waals surface area contributed by atoms with E-state index in [1.54, 1.807) is 12.1 Å². The third-order valence-corrected chi connectivity index (χ3v) is 4.19. The highest BCUT2D eigenvalue weighted by Crippen LogP contribution is 2.10. The lowest BCUT2D eigenvalue weighted by Crippen LogP contribution is -2.38. The molecule has 0 aliphatic carbocycles. The first kappa shape index (κ1) is 16.1. The van der Waals surface area contributed by atoms with Crippen LogP contribution in [0.2, 0.25) is 5.02 Å². The summed E-state index contributed by atoms with van der Waals surface area (Å²) in [6.45, 7) is 0. The molecule has 0 aliphatic heterocycles. The zero-order valence-electron chi connectivity index (χ0n) is 11.6. The maximum atomic E-state index is 12.1. The zero-order valence-corrected chi connectivity index (χ0v) is 13.9. The minimum absolute atomic E-state index is 0.0257. The standard InChI is InChI=1S/C17H17BrClNO/c18-12-16(10-13-4-2-1-3-5-13)20-17(21)11-14-6-8-15(19)9-7-14/h1-9,16H,10-12H2,(H,20,21). The van der Waals surface area contributed by atoms with E-state index in [-0.39, 0.29) is 11.9 Å². The summed E-state index contributed by atoms with van der Waals surface area (Å²) in [7, 11) is 0. The van der Waals surface area contributed by atoms with Crippen molar-refractivity contribution in [2.24, 2.45) is 0 Å². The lowest BCUT2D eigenvalue weighted by molar-refractivity contribution is -0.121. The molecule has 1 unspecified atom stereocenters. The van der Waals surface area contributed by atoms with Gasteiger partial charge in [-0.1, -0.05) is 70.0 Å². The van der Waals surface area contributed by atoms with Gasteiger partial charge in [-0.25, -0.2) is 0 Å². The average molecular weight is 367 g/mol. The molecule has 1 amide bonds. The molecule has 2 rings (SSSR count). The fourth-order valence-electron chi connectivity index (χ4n) is 2.11. The second kappa shape index (κ2) is 8.20. The van der Waals surface area contributed by atoms with Gasteiger partial charge in [0.25, 0.3) is 0 Å². The Balaban J connectivity index is 1.89. The van der Waals surface area contributed by atoms with Gasteiger partial charge in [0.1, 0.15) is 0 Å². The molecule has 0 heterocycles. The lowest BCUT2D eigenvalue weighted by atomic mass is 10.1. The van der Waals surface area contributed by atoms with Crippen molar-refractivity contribution in [3.8, 4) is 0 Å². The smallest absolute Gasteiger partial charge is 0.224 e. The van der Waals surface area contributed by atoms with Crippen molar-refractivity contribution in [1.82, 2.24) is 5.32 Å². The van der Waals surface area contributed by atoms with Crippen LogP contribution in [0, 0.1) is 0 Å². The van der Waals surface area contributed by atoms with E-state index in [1.807, 2.05) is 30.3 Å². The van der Waals surface area contributed by atoms with Crippen LogP contribution in [-0.2, 0) is 17.6 Å². The summed E-state index contributed by atoms with van der Waals surface area (Å²) in [5.41, 5.74) is 2.18. The third kappa shape index (κ3) is 5.52. The monoisotopic (exact) mass is 365 g/mol. The highest BCUT2D eigenvalue weighted by molar-refractivity contribution is 9.09. The molecule has 1 atom stereocenters. The summed E-state index contributed by atoms with van der Waals surface area (Å²) in [5.74, 6) is 0.0257. The Morgan fingerprint density at radius 2 is 1.71 bits per heavy atom. The molecule has 0 fully saturated rings. The van der Waals surface area contributed by atoms with E-state index in [1.165, 1.54) is 5.56 Å². The first-order chi connectivity index (χ1) is 10.2. The molecule has 0 aliphatic rings. The van der Waals surface area contributed by atoms with E-state index in [2.05, 4.69) is 33.4 Å². The lowest BCUT2D eigenvalue weighted by Gasteiger charge is -2.16. The van der Waals surface area contributed by atoms with Crippen molar-refractivity contribution >= 4 is 33.4 Å². The number of nitrogens with one attached hydrogen (secondary N) is 1. The third-order valence-electron chi connectivity index (χ3n) is 3.15. The Hall–Kier alpha value is -1.32. The zero-order chi connectivity index (χ0) is 15.1. The summed E-state index contributed by atoms with van der Waals surface area (Å²) in [6.07, 6.45) is 1.19. The summed E-state index contributed by atoms with van der Waals surface area (Å²) in [5, 5.41) is 4.47. The predicted molar refractivity (Wildman–Crippen MR) is 91.0 cm³/mol. The summed E-state index contributed by atoms with van der Waals surface area (Å²) in [6, 6.07) is 17.6. The van der Waals surface area contributed by atoms with E-state index in [0.29, 0.717) is 11.4 Å². The summed E-state index contributed by atoms with van der Waals surface area (Å²) >= 11 is 9.30. The van der Waals surface area contributed by atoms with Gasteiger partial charge in [-0.05, 0) is 29.7 Å². The molecule has 2 aromatic rings. The van der Waals surface area contributed by atoms with Gasteiger partial charge < -0.3 is 5.32 Å². The SMILES string of the molecule is O=C(Cc1ccc(Cl)cc1)NC(CBr)Cc1ccccc1. The molecule has 110 valence electrons. The van der Waals surface area contributed by atoms with Gasteiger partial charge >= 0.3 is 0 Å². The van der Waals surface area contributed by atoms with Crippen molar-refractivity contribution in [3.63, 3.8) is 0 Å². The number of rotatable bonds is 6. The van der Waals surface area contributed by atoms with Crippen LogP contribution < -0.4 is 5.32 Å². The number of carbonyl (C=O) groups is 1. The molecule has 1 N–H and O–H groups in total. The molecule has 2 aromatic carbocycles. The van der Waals surface area contributed by atoms with E-state index >= 15 is 0 Å². The molecule has 4 heteroatoms. The largest absolute Gasteiger partial charge is 0.352 e. The second-order valence-electron chi connectivity index (χ2n) is 4.91. The van der Waals surface area contributed by atoms with E-state index in [9.17, 15) is 4.79 Å². The van der Waals surface area contributed by atoms with Crippen LogP contribution in [-0.4, -0.2) is 17.3 Å². The molecule has 0 aromatic heterocycles. The number of halogens is 2. The highest BCUT2D eigenvalue weighted by atomic mass is 79.9. The minimum atomic E-state index is 0.0257. The Kier molecular flexibility index (Phi) is 6.27. The molecular formula is C17H17BrClNO. The van der Waals surface area contributed by atoms with Crippen molar-refractivity contribution in [2.75, 3.05) is 5.33 Å². The number of benzene rings is 2. The normalized spacial score (nSPS) is 11.9. The molecule has 2 nitrogen and oxygen atoms in total. The van der Waals surface area contributed by atoms with Crippen molar-refractivity contribution in [2.45, 2.75) is 18.9 Å². The second-order valence-corrected chi connectivity index (χ2v) is 6.00. The molecule has 0 saturated carbocycles. The predicted octanol–water partition coefficient (Wildman–Crippen LogP) is 4.00.